The zero-order valence-electron chi connectivity index (χ0n) is 12.3. The molecule has 0 spiro atoms. The van der Waals surface area contributed by atoms with Crippen LogP contribution < -0.4 is 5.32 Å². The molecular weight excluding hydrogens is 317 g/mol. The molecule has 1 atom stereocenters. The van der Waals surface area contributed by atoms with Crippen LogP contribution in [0.25, 0.3) is 0 Å². The van der Waals surface area contributed by atoms with Gasteiger partial charge in [-0.25, -0.2) is 9.18 Å². The van der Waals surface area contributed by atoms with Crippen molar-refractivity contribution in [1.82, 2.24) is 0 Å². The first kappa shape index (κ1) is 15.6. The number of carbonyl (C=O) groups is 2. The largest absolute Gasteiger partial charge is 0.454 e. The van der Waals surface area contributed by atoms with Crippen LogP contribution in [0.3, 0.4) is 0 Å². The summed E-state index contributed by atoms with van der Waals surface area (Å²) in [5.41, 5.74) is 1.69. The molecule has 3 rings (SSSR count). The lowest BCUT2D eigenvalue weighted by Gasteiger charge is -2.18. The zero-order chi connectivity index (χ0) is 16.4. The second kappa shape index (κ2) is 6.42. The van der Waals surface area contributed by atoms with Gasteiger partial charge in [0.15, 0.2) is 0 Å². The van der Waals surface area contributed by atoms with Gasteiger partial charge in [0.25, 0.3) is 0 Å². The predicted molar refractivity (Wildman–Crippen MR) is 86.0 cm³/mol. The summed E-state index contributed by atoms with van der Waals surface area (Å²) < 4.78 is 18.3. The molecule has 0 saturated carbocycles. The van der Waals surface area contributed by atoms with Crippen LogP contribution in [0.1, 0.15) is 28.9 Å². The molecule has 2 aromatic carbocycles. The zero-order valence-corrected chi connectivity index (χ0v) is 13.2. The van der Waals surface area contributed by atoms with E-state index in [1.54, 1.807) is 37.3 Å². The Kier molecular flexibility index (Phi) is 4.34. The molecule has 1 N–H and O–H groups in total. The van der Waals surface area contributed by atoms with Crippen LogP contribution in [0.5, 0.6) is 0 Å². The van der Waals surface area contributed by atoms with Crippen molar-refractivity contribution in [3.8, 4) is 0 Å². The molecule has 118 valence electrons. The van der Waals surface area contributed by atoms with Gasteiger partial charge in [0.05, 0.1) is 17.0 Å². The van der Waals surface area contributed by atoms with Gasteiger partial charge in [-0.1, -0.05) is 12.1 Å². The molecule has 1 amide bonds. The molecule has 0 unspecified atom stereocenters. The number of benzene rings is 2. The fourth-order valence-electron chi connectivity index (χ4n) is 2.24. The summed E-state index contributed by atoms with van der Waals surface area (Å²) in [5, 5.41) is 2.74. The summed E-state index contributed by atoms with van der Waals surface area (Å²) in [4.78, 5) is 24.6. The lowest BCUT2D eigenvalue weighted by Crippen LogP contribution is -2.19. The van der Waals surface area contributed by atoms with Crippen molar-refractivity contribution in [2.24, 2.45) is 0 Å². The van der Waals surface area contributed by atoms with E-state index >= 15 is 0 Å². The van der Waals surface area contributed by atoms with Crippen LogP contribution in [0.15, 0.2) is 47.4 Å². The van der Waals surface area contributed by atoms with Crippen molar-refractivity contribution in [1.29, 1.82) is 0 Å². The Morgan fingerprint density at radius 2 is 2.00 bits per heavy atom. The molecule has 4 nitrogen and oxygen atoms in total. The van der Waals surface area contributed by atoms with E-state index in [0.717, 1.165) is 4.90 Å². The molecule has 0 radical (unpaired) electrons. The molecule has 6 heteroatoms. The van der Waals surface area contributed by atoms with Crippen molar-refractivity contribution >= 4 is 29.3 Å². The number of amides is 1. The molecule has 0 aromatic heterocycles. The van der Waals surface area contributed by atoms with Crippen LogP contribution >= 0.6 is 11.8 Å². The van der Waals surface area contributed by atoms with E-state index < -0.39 is 12.1 Å². The topological polar surface area (TPSA) is 55.4 Å². The summed E-state index contributed by atoms with van der Waals surface area (Å²) in [6.45, 7) is 1.72. The average molecular weight is 331 g/mol. The Hall–Kier alpha value is -2.34. The summed E-state index contributed by atoms with van der Waals surface area (Å²) in [5.74, 6) is -0.546. The summed E-state index contributed by atoms with van der Waals surface area (Å²) in [7, 11) is 0. The van der Waals surface area contributed by atoms with E-state index in [9.17, 15) is 14.0 Å². The van der Waals surface area contributed by atoms with Crippen molar-refractivity contribution in [3.63, 3.8) is 0 Å². The van der Waals surface area contributed by atoms with Gasteiger partial charge in [0.1, 0.15) is 11.9 Å². The quantitative estimate of drug-likeness (QED) is 0.870. The summed E-state index contributed by atoms with van der Waals surface area (Å²) in [6.07, 6.45) is -0.497. The number of rotatable bonds is 3. The van der Waals surface area contributed by atoms with Gasteiger partial charge >= 0.3 is 5.97 Å². The number of esters is 1. The van der Waals surface area contributed by atoms with Crippen LogP contribution in [0.2, 0.25) is 0 Å². The Morgan fingerprint density at radius 1 is 1.26 bits per heavy atom. The second-order valence-corrected chi connectivity index (χ2v) is 6.16. The first-order valence-electron chi connectivity index (χ1n) is 7.06. The van der Waals surface area contributed by atoms with E-state index in [-0.39, 0.29) is 11.7 Å². The van der Waals surface area contributed by atoms with Crippen molar-refractivity contribution < 1.29 is 18.7 Å². The standard InChI is InChI=1S/C17H14FNO3S/c1-10(11-2-5-13(18)6-3-11)22-17(21)12-4-7-15-14(8-12)19-16(20)9-23-15/h2-8,10H,9H2,1H3,(H,19,20)/t10-/m0/s1. The monoisotopic (exact) mass is 331 g/mol. The van der Waals surface area contributed by atoms with E-state index in [1.165, 1.54) is 23.9 Å². The van der Waals surface area contributed by atoms with E-state index in [2.05, 4.69) is 5.32 Å². The van der Waals surface area contributed by atoms with E-state index in [1.807, 2.05) is 0 Å². The molecular formula is C17H14FNO3S. The van der Waals surface area contributed by atoms with Crippen LogP contribution in [0.4, 0.5) is 10.1 Å². The molecule has 0 bridgehead atoms. The number of halogens is 1. The third-order valence-electron chi connectivity index (χ3n) is 3.47. The fraction of sp³-hybridized carbons (Fsp3) is 0.176. The summed E-state index contributed by atoms with van der Waals surface area (Å²) in [6, 6.07) is 10.9. The van der Waals surface area contributed by atoms with Gasteiger partial charge in [0, 0.05) is 4.90 Å². The van der Waals surface area contributed by atoms with Crippen LogP contribution in [-0.4, -0.2) is 17.6 Å². The average Bonchev–Trinajstić information content (AvgIpc) is 2.54. The molecule has 0 saturated heterocycles. The number of thioether (sulfide) groups is 1. The first-order chi connectivity index (χ1) is 11.0. The predicted octanol–water partition coefficient (Wildman–Crippen LogP) is 3.79. The highest BCUT2D eigenvalue weighted by Crippen LogP contribution is 2.32. The molecule has 1 aliphatic rings. The van der Waals surface area contributed by atoms with Gasteiger partial charge in [-0.15, -0.1) is 11.8 Å². The Morgan fingerprint density at radius 3 is 2.74 bits per heavy atom. The van der Waals surface area contributed by atoms with Crippen LogP contribution in [-0.2, 0) is 9.53 Å². The highest BCUT2D eigenvalue weighted by atomic mass is 32.2. The van der Waals surface area contributed by atoms with Crippen molar-refractivity contribution in [2.45, 2.75) is 17.9 Å². The molecule has 1 aliphatic heterocycles. The van der Waals surface area contributed by atoms with E-state index in [0.29, 0.717) is 22.6 Å². The third kappa shape index (κ3) is 3.53. The number of fused-ring (bicyclic) bond motifs is 1. The number of hydrogen-bond acceptors (Lipinski definition) is 4. The maximum Gasteiger partial charge on any atom is 0.338 e. The number of carbonyl (C=O) groups excluding carboxylic acids is 2. The fourth-order valence-corrected chi connectivity index (χ4v) is 3.03. The Balaban J connectivity index is 1.74. The normalized spacial score (nSPS) is 14.6. The van der Waals surface area contributed by atoms with Gasteiger partial charge in [-0.05, 0) is 42.8 Å². The lowest BCUT2D eigenvalue weighted by molar-refractivity contribution is -0.113. The van der Waals surface area contributed by atoms with E-state index in [4.69, 9.17) is 4.74 Å². The van der Waals surface area contributed by atoms with Gasteiger partial charge in [-0.3, -0.25) is 4.79 Å². The number of nitrogens with one attached hydrogen (secondary N) is 1. The molecule has 0 aliphatic carbocycles. The maximum absolute atomic E-state index is 12.9. The lowest BCUT2D eigenvalue weighted by atomic mass is 10.1. The molecule has 23 heavy (non-hydrogen) atoms. The molecule has 1 heterocycles. The Labute approximate surface area is 137 Å². The minimum atomic E-state index is -0.497. The number of ether oxygens (including phenoxy) is 1. The minimum Gasteiger partial charge on any atom is -0.454 e. The number of hydrogen-bond donors (Lipinski definition) is 1. The maximum atomic E-state index is 12.9. The van der Waals surface area contributed by atoms with Gasteiger partial charge in [-0.2, -0.15) is 0 Å². The van der Waals surface area contributed by atoms with Gasteiger partial charge in [0.2, 0.25) is 5.91 Å². The highest BCUT2D eigenvalue weighted by molar-refractivity contribution is 8.00. The summed E-state index contributed by atoms with van der Waals surface area (Å²) >= 11 is 1.43. The van der Waals surface area contributed by atoms with Crippen molar-refractivity contribution in [3.05, 3.63) is 59.4 Å². The number of anilines is 1. The first-order valence-corrected chi connectivity index (χ1v) is 8.04. The van der Waals surface area contributed by atoms with Crippen molar-refractivity contribution in [2.75, 3.05) is 11.1 Å². The Bertz CT molecular complexity index is 761. The highest BCUT2D eigenvalue weighted by Gasteiger charge is 2.19. The smallest absolute Gasteiger partial charge is 0.338 e. The van der Waals surface area contributed by atoms with Gasteiger partial charge < -0.3 is 10.1 Å². The second-order valence-electron chi connectivity index (χ2n) is 5.15. The molecule has 0 fully saturated rings. The SMILES string of the molecule is C[C@H](OC(=O)c1ccc2c(c1)NC(=O)CS2)c1ccc(F)cc1. The third-order valence-corrected chi connectivity index (χ3v) is 4.54. The molecule has 2 aromatic rings. The minimum absolute atomic E-state index is 0.0901. The van der Waals surface area contributed by atoms with Crippen LogP contribution in [0, 0.1) is 5.82 Å².